The molecular weight excluding hydrogens is 358 g/mol. The zero-order valence-electron chi connectivity index (χ0n) is 16.5. The van der Waals surface area contributed by atoms with Crippen LogP contribution in [0, 0.1) is 12.8 Å². The average molecular weight is 392 g/mol. The first kappa shape index (κ1) is 21.8. The number of hydrogen-bond acceptors (Lipinski definition) is 4. The highest BCUT2D eigenvalue weighted by Crippen LogP contribution is 2.26. The molecule has 0 aromatic heterocycles. The first-order valence-electron chi connectivity index (χ1n) is 9.92. The predicted octanol–water partition coefficient (Wildman–Crippen LogP) is 2.87. The minimum absolute atomic E-state index is 0.00884. The molecule has 4 N–H and O–H groups in total. The van der Waals surface area contributed by atoms with Gasteiger partial charge in [0.15, 0.2) is 0 Å². The summed E-state index contributed by atoms with van der Waals surface area (Å²) in [4.78, 5) is 25.5. The van der Waals surface area contributed by atoms with E-state index in [2.05, 4.69) is 10.6 Å². The van der Waals surface area contributed by atoms with Crippen LogP contribution >= 0.6 is 11.8 Å². The van der Waals surface area contributed by atoms with E-state index in [1.54, 1.807) is 17.8 Å². The molecular formula is C21H33N3O2S. The molecule has 0 bridgehead atoms. The molecule has 1 aliphatic rings. The maximum absolute atomic E-state index is 12.9. The third kappa shape index (κ3) is 6.85. The Kier molecular flexibility index (Phi) is 9.15. The Morgan fingerprint density at radius 2 is 1.96 bits per heavy atom. The zero-order valence-corrected chi connectivity index (χ0v) is 17.3. The van der Waals surface area contributed by atoms with Crippen LogP contribution in [0.5, 0.6) is 0 Å². The van der Waals surface area contributed by atoms with Crippen LogP contribution in [-0.4, -0.2) is 42.5 Å². The first-order chi connectivity index (χ1) is 13.0. The lowest BCUT2D eigenvalue weighted by atomic mass is 9.84. The summed E-state index contributed by atoms with van der Waals surface area (Å²) < 4.78 is 0. The van der Waals surface area contributed by atoms with E-state index in [4.69, 9.17) is 5.73 Å². The van der Waals surface area contributed by atoms with Crippen LogP contribution < -0.4 is 16.4 Å². The average Bonchev–Trinajstić information content (AvgIpc) is 2.69. The lowest BCUT2D eigenvalue weighted by Crippen LogP contribution is -2.53. The van der Waals surface area contributed by atoms with Crippen molar-refractivity contribution in [2.24, 2.45) is 11.7 Å². The maximum atomic E-state index is 12.9. The summed E-state index contributed by atoms with van der Waals surface area (Å²) in [5, 5.41) is 6.05. The van der Waals surface area contributed by atoms with Crippen LogP contribution in [0.15, 0.2) is 24.3 Å². The molecule has 27 heavy (non-hydrogen) atoms. The Bertz CT molecular complexity index is 617. The van der Waals surface area contributed by atoms with Crippen molar-refractivity contribution >= 4 is 23.6 Å². The van der Waals surface area contributed by atoms with Crippen molar-refractivity contribution in [3.8, 4) is 0 Å². The molecule has 1 aromatic rings. The highest BCUT2D eigenvalue weighted by atomic mass is 32.2. The van der Waals surface area contributed by atoms with Crippen LogP contribution in [0.2, 0.25) is 0 Å². The van der Waals surface area contributed by atoms with Crippen LogP contribution in [0.3, 0.4) is 0 Å². The van der Waals surface area contributed by atoms with Crippen LogP contribution in [-0.2, 0) is 4.79 Å². The second-order valence-electron chi connectivity index (χ2n) is 7.43. The summed E-state index contributed by atoms with van der Waals surface area (Å²) in [5.74, 6) is 0.928. The van der Waals surface area contributed by atoms with Crippen molar-refractivity contribution in [2.75, 3.05) is 18.6 Å². The van der Waals surface area contributed by atoms with Gasteiger partial charge in [-0.05, 0) is 56.2 Å². The first-order valence-corrected chi connectivity index (χ1v) is 11.3. The van der Waals surface area contributed by atoms with Crippen LogP contribution in [0.1, 0.15) is 54.4 Å². The minimum atomic E-state index is -0.539. The quantitative estimate of drug-likeness (QED) is 0.604. The van der Waals surface area contributed by atoms with E-state index in [0.717, 1.165) is 24.2 Å². The van der Waals surface area contributed by atoms with E-state index in [-0.39, 0.29) is 17.9 Å². The van der Waals surface area contributed by atoms with E-state index in [0.29, 0.717) is 24.4 Å². The van der Waals surface area contributed by atoms with E-state index < -0.39 is 6.04 Å². The third-order valence-corrected chi connectivity index (χ3v) is 5.96. The van der Waals surface area contributed by atoms with Gasteiger partial charge in [-0.25, -0.2) is 0 Å². The molecule has 2 atom stereocenters. The lowest BCUT2D eigenvalue weighted by Gasteiger charge is -2.31. The van der Waals surface area contributed by atoms with Gasteiger partial charge in [0.25, 0.3) is 5.91 Å². The fourth-order valence-electron chi connectivity index (χ4n) is 3.72. The summed E-state index contributed by atoms with van der Waals surface area (Å²) in [5.41, 5.74) is 7.56. The van der Waals surface area contributed by atoms with Gasteiger partial charge in [-0.15, -0.1) is 0 Å². The summed E-state index contributed by atoms with van der Waals surface area (Å²) in [7, 11) is 0. The van der Waals surface area contributed by atoms with Gasteiger partial charge < -0.3 is 16.4 Å². The number of rotatable bonds is 9. The molecule has 1 fully saturated rings. The van der Waals surface area contributed by atoms with E-state index in [9.17, 15) is 9.59 Å². The van der Waals surface area contributed by atoms with Gasteiger partial charge >= 0.3 is 0 Å². The highest BCUT2D eigenvalue weighted by molar-refractivity contribution is 7.98. The van der Waals surface area contributed by atoms with E-state index >= 15 is 0 Å². The van der Waals surface area contributed by atoms with Gasteiger partial charge in [0, 0.05) is 18.2 Å². The van der Waals surface area contributed by atoms with Crippen molar-refractivity contribution in [1.82, 2.24) is 10.6 Å². The third-order valence-electron chi connectivity index (χ3n) is 5.31. The highest BCUT2D eigenvalue weighted by Gasteiger charge is 2.28. The number of aryl methyl sites for hydroxylation is 1. The Balaban J connectivity index is 2.02. The van der Waals surface area contributed by atoms with Crippen molar-refractivity contribution in [3.05, 3.63) is 35.4 Å². The van der Waals surface area contributed by atoms with Gasteiger partial charge in [0.05, 0.1) is 0 Å². The number of amides is 2. The van der Waals surface area contributed by atoms with Gasteiger partial charge in [-0.2, -0.15) is 11.8 Å². The molecule has 150 valence electrons. The number of carbonyl (C=O) groups excluding carboxylic acids is 2. The van der Waals surface area contributed by atoms with Crippen molar-refractivity contribution < 1.29 is 9.59 Å². The molecule has 1 saturated carbocycles. The Labute approximate surface area is 167 Å². The van der Waals surface area contributed by atoms with E-state index in [1.807, 2.05) is 31.4 Å². The Morgan fingerprint density at radius 3 is 2.59 bits per heavy atom. The van der Waals surface area contributed by atoms with Gasteiger partial charge in [-0.1, -0.05) is 37.0 Å². The van der Waals surface area contributed by atoms with Gasteiger partial charge in [0.1, 0.15) is 6.04 Å². The Hall–Kier alpha value is -1.53. The molecule has 0 aliphatic heterocycles. The molecule has 0 heterocycles. The number of nitrogens with one attached hydrogen (secondary N) is 2. The fourth-order valence-corrected chi connectivity index (χ4v) is 4.19. The molecule has 0 saturated heterocycles. The largest absolute Gasteiger partial charge is 0.350 e. The zero-order chi connectivity index (χ0) is 19.6. The Morgan fingerprint density at radius 1 is 1.22 bits per heavy atom. The molecule has 2 rings (SSSR count). The maximum Gasteiger partial charge on any atom is 0.251 e. The molecule has 1 aliphatic carbocycles. The molecule has 1 aromatic carbocycles. The molecule has 0 spiro atoms. The lowest BCUT2D eigenvalue weighted by molar-refractivity contribution is -0.124. The molecule has 2 unspecified atom stereocenters. The molecule has 2 amide bonds. The second-order valence-corrected chi connectivity index (χ2v) is 8.41. The summed E-state index contributed by atoms with van der Waals surface area (Å²) in [6, 6.07) is 6.87. The monoisotopic (exact) mass is 391 g/mol. The van der Waals surface area contributed by atoms with Crippen LogP contribution in [0.25, 0.3) is 0 Å². The number of thioether (sulfide) groups is 1. The standard InChI is InChI=1S/C21H33N3O2S/c1-15-7-6-10-17(13-15)20(25)23-18(11-12-27-2)21(26)24-19(14-22)16-8-4-3-5-9-16/h6-7,10,13,16,18-19H,3-5,8-9,11-12,14,22H2,1-2H3,(H,23,25)(H,24,26). The van der Waals surface area contributed by atoms with Crippen molar-refractivity contribution in [2.45, 2.75) is 57.5 Å². The van der Waals surface area contributed by atoms with Crippen LogP contribution in [0.4, 0.5) is 0 Å². The van der Waals surface area contributed by atoms with Gasteiger partial charge in [-0.3, -0.25) is 9.59 Å². The molecule has 5 nitrogen and oxygen atoms in total. The number of nitrogens with two attached hydrogens (primary N) is 1. The van der Waals surface area contributed by atoms with Crippen molar-refractivity contribution in [1.29, 1.82) is 0 Å². The smallest absolute Gasteiger partial charge is 0.251 e. The number of hydrogen-bond donors (Lipinski definition) is 3. The molecule has 6 heteroatoms. The minimum Gasteiger partial charge on any atom is -0.350 e. The summed E-state index contributed by atoms with van der Waals surface area (Å²) in [6.45, 7) is 2.39. The number of benzene rings is 1. The second kappa shape index (κ2) is 11.3. The summed E-state index contributed by atoms with van der Waals surface area (Å²) in [6.07, 6.45) is 8.52. The topological polar surface area (TPSA) is 84.2 Å². The SMILES string of the molecule is CSCCC(NC(=O)c1cccc(C)c1)C(=O)NC(CN)C1CCCCC1. The van der Waals surface area contributed by atoms with E-state index in [1.165, 1.54) is 19.3 Å². The normalized spacial score (nSPS) is 17.1. The number of carbonyl (C=O) groups is 2. The molecule has 0 radical (unpaired) electrons. The summed E-state index contributed by atoms with van der Waals surface area (Å²) >= 11 is 1.67. The van der Waals surface area contributed by atoms with Crippen molar-refractivity contribution in [3.63, 3.8) is 0 Å². The van der Waals surface area contributed by atoms with Gasteiger partial charge in [0.2, 0.25) is 5.91 Å². The predicted molar refractivity (Wildman–Crippen MR) is 113 cm³/mol. The fraction of sp³-hybridized carbons (Fsp3) is 0.619.